The Morgan fingerprint density at radius 2 is 2.33 bits per heavy atom. The SMILES string of the molecule is O=C1COc2cc(CO)ccc21. The van der Waals surface area contributed by atoms with Gasteiger partial charge in [0.2, 0.25) is 5.78 Å². The van der Waals surface area contributed by atoms with Gasteiger partial charge in [-0.15, -0.1) is 0 Å². The second-order valence-electron chi connectivity index (χ2n) is 2.70. The standard InChI is InChI=1S/C9H8O3/c10-4-6-1-2-7-8(11)5-12-9(7)3-6/h1-3,10H,4-5H2. The monoisotopic (exact) mass is 164 g/mol. The lowest BCUT2D eigenvalue weighted by atomic mass is 10.1. The third kappa shape index (κ3) is 0.987. The highest BCUT2D eigenvalue weighted by Gasteiger charge is 2.20. The van der Waals surface area contributed by atoms with Crippen molar-refractivity contribution in [3.8, 4) is 5.75 Å². The topological polar surface area (TPSA) is 46.5 Å². The molecule has 0 fully saturated rings. The van der Waals surface area contributed by atoms with E-state index in [4.69, 9.17) is 9.84 Å². The molecule has 3 nitrogen and oxygen atoms in total. The van der Waals surface area contributed by atoms with E-state index >= 15 is 0 Å². The molecule has 0 radical (unpaired) electrons. The number of rotatable bonds is 1. The van der Waals surface area contributed by atoms with E-state index in [1.165, 1.54) is 0 Å². The molecular formula is C9H8O3. The first-order valence-corrected chi connectivity index (χ1v) is 3.71. The number of benzene rings is 1. The minimum absolute atomic E-state index is 0.00879. The first kappa shape index (κ1) is 7.31. The van der Waals surface area contributed by atoms with Crippen LogP contribution in [0.25, 0.3) is 0 Å². The average molecular weight is 164 g/mol. The maximum atomic E-state index is 11.1. The van der Waals surface area contributed by atoms with Crippen molar-refractivity contribution in [2.24, 2.45) is 0 Å². The van der Waals surface area contributed by atoms with Crippen LogP contribution in [-0.2, 0) is 6.61 Å². The molecule has 62 valence electrons. The summed E-state index contributed by atoms with van der Waals surface area (Å²) in [4.78, 5) is 11.1. The zero-order valence-electron chi connectivity index (χ0n) is 6.41. The number of carbonyl (C=O) groups excluding carboxylic acids is 1. The Hall–Kier alpha value is -1.35. The first-order chi connectivity index (χ1) is 5.81. The highest BCUT2D eigenvalue weighted by Crippen LogP contribution is 2.25. The van der Waals surface area contributed by atoms with Gasteiger partial charge in [0.25, 0.3) is 0 Å². The van der Waals surface area contributed by atoms with Crippen molar-refractivity contribution in [2.45, 2.75) is 6.61 Å². The number of aliphatic hydroxyl groups is 1. The molecule has 0 saturated carbocycles. The molecule has 3 heteroatoms. The molecule has 0 amide bonds. The summed E-state index contributed by atoms with van der Waals surface area (Å²) in [6, 6.07) is 5.11. The maximum absolute atomic E-state index is 11.1. The lowest BCUT2D eigenvalue weighted by Crippen LogP contribution is -1.98. The number of ether oxygens (including phenoxy) is 1. The third-order valence-electron chi connectivity index (χ3n) is 1.89. The number of hydrogen-bond acceptors (Lipinski definition) is 3. The minimum Gasteiger partial charge on any atom is -0.485 e. The van der Waals surface area contributed by atoms with Crippen molar-refractivity contribution in [1.82, 2.24) is 0 Å². The van der Waals surface area contributed by atoms with E-state index < -0.39 is 0 Å². The highest BCUT2D eigenvalue weighted by atomic mass is 16.5. The molecule has 0 aromatic heterocycles. The number of fused-ring (bicyclic) bond motifs is 1. The molecule has 1 aromatic rings. The average Bonchev–Trinajstić information content (AvgIpc) is 2.47. The van der Waals surface area contributed by atoms with E-state index in [1.807, 2.05) is 0 Å². The number of ketones is 1. The van der Waals surface area contributed by atoms with Gasteiger partial charge >= 0.3 is 0 Å². The zero-order chi connectivity index (χ0) is 8.55. The molecule has 0 bridgehead atoms. The quantitative estimate of drug-likeness (QED) is 0.666. The van der Waals surface area contributed by atoms with Gasteiger partial charge in [-0.2, -0.15) is 0 Å². The highest BCUT2D eigenvalue weighted by molar-refractivity contribution is 6.02. The fourth-order valence-corrected chi connectivity index (χ4v) is 1.24. The predicted octanol–water partition coefficient (Wildman–Crippen LogP) is 0.754. The van der Waals surface area contributed by atoms with Gasteiger partial charge in [0.15, 0.2) is 6.61 Å². The van der Waals surface area contributed by atoms with Gasteiger partial charge in [0, 0.05) is 0 Å². The molecule has 0 saturated heterocycles. The van der Waals surface area contributed by atoms with E-state index in [-0.39, 0.29) is 19.0 Å². The smallest absolute Gasteiger partial charge is 0.203 e. The molecule has 0 spiro atoms. The van der Waals surface area contributed by atoms with Crippen LogP contribution in [0.4, 0.5) is 0 Å². The Labute approximate surface area is 69.6 Å². The fourth-order valence-electron chi connectivity index (χ4n) is 1.24. The molecule has 12 heavy (non-hydrogen) atoms. The van der Waals surface area contributed by atoms with Gasteiger partial charge in [-0.25, -0.2) is 0 Å². The predicted molar refractivity (Wildman–Crippen MR) is 42.2 cm³/mol. The van der Waals surface area contributed by atoms with Gasteiger partial charge in [0.1, 0.15) is 5.75 Å². The van der Waals surface area contributed by atoms with Gasteiger partial charge in [0.05, 0.1) is 12.2 Å². The van der Waals surface area contributed by atoms with Crippen molar-refractivity contribution in [3.63, 3.8) is 0 Å². The van der Waals surface area contributed by atoms with Crippen LogP contribution in [0.5, 0.6) is 5.75 Å². The van der Waals surface area contributed by atoms with Crippen molar-refractivity contribution in [1.29, 1.82) is 0 Å². The number of hydrogen-bond donors (Lipinski definition) is 1. The van der Waals surface area contributed by atoms with Crippen LogP contribution >= 0.6 is 0 Å². The molecule has 2 rings (SSSR count). The summed E-state index contributed by atoms with van der Waals surface area (Å²) < 4.78 is 5.09. The van der Waals surface area contributed by atoms with Crippen LogP contribution in [0.3, 0.4) is 0 Å². The number of aliphatic hydroxyl groups excluding tert-OH is 1. The lowest BCUT2D eigenvalue weighted by molar-refractivity contribution is 0.0961. The van der Waals surface area contributed by atoms with Crippen molar-refractivity contribution < 1.29 is 14.6 Å². The second-order valence-corrected chi connectivity index (χ2v) is 2.70. The fraction of sp³-hybridized carbons (Fsp3) is 0.222. The Bertz CT molecular complexity index is 331. The lowest BCUT2D eigenvalue weighted by Gasteiger charge is -1.99. The molecular weight excluding hydrogens is 156 g/mol. The largest absolute Gasteiger partial charge is 0.485 e. The van der Waals surface area contributed by atoms with Gasteiger partial charge in [-0.05, 0) is 17.7 Å². The van der Waals surface area contributed by atoms with Crippen LogP contribution in [0.2, 0.25) is 0 Å². The number of Topliss-reactive ketones (excluding diaryl/α,β-unsaturated/α-hetero) is 1. The van der Waals surface area contributed by atoms with Gasteiger partial charge < -0.3 is 9.84 Å². The van der Waals surface area contributed by atoms with Crippen LogP contribution in [0.15, 0.2) is 18.2 Å². The third-order valence-corrected chi connectivity index (χ3v) is 1.89. The Balaban J connectivity index is 2.48. The van der Waals surface area contributed by atoms with Crippen molar-refractivity contribution >= 4 is 5.78 Å². The molecule has 1 aliphatic rings. The van der Waals surface area contributed by atoms with E-state index in [9.17, 15) is 4.79 Å². The van der Waals surface area contributed by atoms with E-state index in [1.54, 1.807) is 18.2 Å². The summed E-state index contributed by atoms with van der Waals surface area (Å²) in [6.07, 6.45) is 0. The van der Waals surface area contributed by atoms with Crippen LogP contribution in [-0.4, -0.2) is 17.5 Å². The molecule has 1 aliphatic heterocycles. The molecule has 1 aromatic carbocycles. The molecule has 0 atom stereocenters. The summed E-state index contributed by atoms with van der Waals surface area (Å²) in [5.74, 6) is 0.598. The second kappa shape index (κ2) is 2.60. The van der Waals surface area contributed by atoms with Gasteiger partial charge in [-0.1, -0.05) is 6.07 Å². The summed E-state index contributed by atoms with van der Waals surface area (Å²) in [6.45, 7) is 0.106. The Morgan fingerprint density at radius 3 is 3.08 bits per heavy atom. The van der Waals surface area contributed by atoms with Crippen LogP contribution < -0.4 is 4.74 Å². The van der Waals surface area contributed by atoms with E-state index in [0.29, 0.717) is 11.3 Å². The molecule has 0 aliphatic carbocycles. The maximum Gasteiger partial charge on any atom is 0.203 e. The van der Waals surface area contributed by atoms with Crippen LogP contribution in [0.1, 0.15) is 15.9 Å². The normalized spacial score (nSPS) is 14.2. The summed E-state index contributed by atoms with van der Waals surface area (Å²) in [5, 5.41) is 8.79. The number of carbonyl (C=O) groups is 1. The zero-order valence-corrected chi connectivity index (χ0v) is 6.41. The van der Waals surface area contributed by atoms with E-state index in [0.717, 1.165) is 5.56 Å². The molecule has 1 N–H and O–H groups in total. The Kier molecular flexibility index (Phi) is 1.59. The summed E-state index contributed by atoms with van der Waals surface area (Å²) >= 11 is 0. The minimum atomic E-state index is -0.0230. The van der Waals surface area contributed by atoms with Crippen LogP contribution in [0, 0.1) is 0 Å². The summed E-state index contributed by atoms with van der Waals surface area (Å²) in [7, 11) is 0. The van der Waals surface area contributed by atoms with E-state index in [2.05, 4.69) is 0 Å². The molecule has 0 unspecified atom stereocenters. The Morgan fingerprint density at radius 1 is 1.50 bits per heavy atom. The first-order valence-electron chi connectivity index (χ1n) is 3.71. The van der Waals surface area contributed by atoms with Crippen molar-refractivity contribution in [2.75, 3.05) is 6.61 Å². The summed E-state index contributed by atoms with van der Waals surface area (Å²) in [5.41, 5.74) is 1.38. The van der Waals surface area contributed by atoms with Gasteiger partial charge in [-0.3, -0.25) is 4.79 Å². The van der Waals surface area contributed by atoms with Crippen molar-refractivity contribution in [3.05, 3.63) is 29.3 Å². The molecule has 1 heterocycles.